The molecule has 0 spiro atoms. The fourth-order valence-electron chi connectivity index (χ4n) is 4.74. The summed E-state index contributed by atoms with van der Waals surface area (Å²) in [7, 11) is -0.745. The highest BCUT2D eigenvalue weighted by Gasteiger charge is 2.33. The lowest BCUT2D eigenvalue weighted by molar-refractivity contribution is -0.111. The molecule has 0 saturated carbocycles. The molecule has 3 heterocycles. The molecule has 3 aromatic rings. The summed E-state index contributed by atoms with van der Waals surface area (Å²) in [5.41, 5.74) is 1.72. The fraction of sp³-hybridized carbons (Fsp3) is 0.400. The third-order valence-electron chi connectivity index (χ3n) is 6.63. The first-order valence-electron chi connectivity index (χ1n) is 13.4. The van der Waals surface area contributed by atoms with Crippen LogP contribution < -0.4 is 5.32 Å². The molecule has 6 nitrogen and oxygen atoms in total. The number of nitrogens with zero attached hydrogens (tertiary/aromatic N) is 4. The first-order chi connectivity index (χ1) is 19.0. The number of allylic oxidation sites excluding steroid dienone is 4. The van der Waals surface area contributed by atoms with Crippen molar-refractivity contribution in [3.63, 3.8) is 0 Å². The van der Waals surface area contributed by atoms with Gasteiger partial charge in [0.25, 0.3) is 0 Å². The Labute approximate surface area is 234 Å². The Kier molecular flexibility index (Phi) is 9.24. The summed E-state index contributed by atoms with van der Waals surface area (Å²) in [5.74, 6) is 1.12. The molecule has 0 radical (unpaired) electrons. The average Bonchev–Trinajstić information content (AvgIpc) is 3.48. The van der Waals surface area contributed by atoms with Crippen molar-refractivity contribution in [2.75, 3.05) is 17.6 Å². The van der Waals surface area contributed by atoms with Crippen LogP contribution in [0.4, 0.5) is 24.8 Å². The quantitative estimate of drug-likeness (QED) is 0.210. The number of rotatable bonds is 9. The van der Waals surface area contributed by atoms with E-state index in [4.69, 9.17) is 9.97 Å². The Bertz CT molecular complexity index is 1390. The number of alkyl halides is 3. The number of imidazole rings is 1. The molecule has 1 N–H and O–H groups in total. The van der Waals surface area contributed by atoms with Gasteiger partial charge < -0.3 is 9.88 Å². The van der Waals surface area contributed by atoms with Crippen LogP contribution in [0.1, 0.15) is 52.1 Å². The lowest BCUT2D eigenvalue weighted by Gasteiger charge is -2.22. The number of carbonyl (C=O) groups is 1. The van der Waals surface area contributed by atoms with Gasteiger partial charge in [-0.25, -0.2) is 15.0 Å². The topological polar surface area (TPSA) is 72.7 Å². The number of nitrogens with one attached hydrogen (secondary N) is 1. The predicted molar refractivity (Wildman–Crippen MR) is 155 cm³/mol. The van der Waals surface area contributed by atoms with Crippen molar-refractivity contribution in [2.45, 2.75) is 65.1 Å². The number of benzene rings is 1. The SMILES string of the molecule is C/C=C\C(=C/Cc1c(-c2ccnc(Nc3ccccc3)n2)nc(C(C)(C)C)n1CCP1CCCC1=O)C(F)(F)F. The maximum absolute atomic E-state index is 13.8. The highest BCUT2D eigenvalue weighted by molar-refractivity contribution is 7.75. The number of carbonyl (C=O) groups excluding carboxylic acids is 1. The van der Waals surface area contributed by atoms with E-state index in [1.807, 2.05) is 55.7 Å². The molecule has 2 aromatic heterocycles. The lowest BCUT2D eigenvalue weighted by Crippen LogP contribution is -2.21. The van der Waals surface area contributed by atoms with Gasteiger partial charge >= 0.3 is 6.18 Å². The minimum atomic E-state index is -4.48. The van der Waals surface area contributed by atoms with Gasteiger partial charge in [0.05, 0.1) is 17.0 Å². The van der Waals surface area contributed by atoms with Crippen LogP contribution in [0.5, 0.6) is 0 Å². The summed E-state index contributed by atoms with van der Waals surface area (Å²) in [4.78, 5) is 26.4. The molecule has 4 rings (SSSR count). The second-order valence-corrected chi connectivity index (χ2v) is 13.2. The van der Waals surface area contributed by atoms with E-state index in [1.165, 1.54) is 12.2 Å². The molecule has 0 aliphatic carbocycles. The Balaban J connectivity index is 1.82. The summed E-state index contributed by atoms with van der Waals surface area (Å²) in [6, 6.07) is 11.2. The number of anilines is 2. The minimum Gasteiger partial charge on any atom is -0.330 e. The van der Waals surface area contributed by atoms with Gasteiger partial charge in [-0.05, 0) is 51.8 Å². The molecule has 40 heavy (non-hydrogen) atoms. The predicted octanol–water partition coefficient (Wildman–Crippen LogP) is 7.79. The molecule has 212 valence electrons. The van der Waals surface area contributed by atoms with E-state index in [1.54, 1.807) is 19.2 Å². The molecule has 1 aliphatic heterocycles. The van der Waals surface area contributed by atoms with Gasteiger partial charge in [0, 0.05) is 36.7 Å². The average molecular weight is 570 g/mol. The molecule has 1 aliphatic rings. The zero-order valence-electron chi connectivity index (χ0n) is 23.3. The van der Waals surface area contributed by atoms with Gasteiger partial charge in [0.15, 0.2) is 5.52 Å². The van der Waals surface area contributed by atoms with Crippen LogP contribution in [0.2, 0.25) is 0 Å². The number of hydrogen-bond acceptors (Lipinski definition) is 5. The molecule has 1 aromatic carbocycles. The Hall–Kier alpha value is -3.32. The van der Waals surface area contributed by atoms with Gasteiger partial charge in [-0.1, -0.05) is 57.2 Å². The van der Waals surface area contributed by atoms with Crippen LogP contribution in [-0.4, -0.2) is 43.5 Å². The molecule has 0 bridgehead atoms. The van der Waals surface area contributed by atoms with Gasteiger partial charge in [0.2, 0.25) is 5.95 Å². The van der Waals surface area contributed by atoms with Gasteiger partial charge in [0.1, 0.15) is 11.5 Å². The maximum atomic E-state index is 13.8. The number of halogens is 3. The van der Waals surface area contributed by atoms with E-state index in [0.717, 1.165) is 30.2 Å². The molecule has 1 saturated heterocycles. The highest BCUT2D eigenvalue weighted by Crippen LogP contribution is 2.45. The van der Waals surface area contributed by atoms with Crippen molar-refractivity contribution in [2.24, 2.45) is 0 Å². The molecule has 10 heteroatoms. The van der Waals surface area contributed by atoms with Crippen LogP contribution in [0.15, 0.2) is 66.4 Å². The van der Waals surface area contributed by atoms with Crippen molar-refractivity contribution in [3.05, 3.63) is 77.9 Å². The molecule has 1 unspecified atom stereocenters. The van der Waals surface area contributed by atoms with Crippen molar-refractivity contribution in [3.8, 4) is 11.4 Å². The molecule has 1 fully saturated rings. The van der Waals surface area contributed by atoms with E-state index >= 15 is 0 Å². The van der Waals surface area contributed by atoms with E-state index in [0.29, 0.717) is 47.7 Å². The van der Waals surface area contributed by atoms with Gasteiger partial charge in [-0.3, -0.25) is 4.79 Å². The van der Waals surface area contributed by atoms with Crippen LogP contribution in [0, 0.1) is 0 Å². The Morgan fingerprint density at radius 2 is 1.88 bits per heavy atom. The minimum absolute atomic E-state index is 0.00885. The van der Waals surface area contributed by atoms with E-state index in [9.17, 15) is 18.0 Å². The number of para-hydroxylation sites is 1. The van der Waals surface area contributed by atoms with Crippen LogP contribution in [0.3, 0.4) is 0 Å². The fourth-order valence-corrected chi connectivity index (χ4v) is 6.92. The molecule has 1 atom stereocenters. The summed E-state index contributed by atoms with van der Waals surface area (Å²) in [6.07, 6.45) is 3.96. The summed E-state index contributed by atoms with van der Waals surface area (Å²) >= 11 is 0. The van der Waals surface area contributed by atoms with Crippen molar-refractivity contribution < 1.29 is 18.0 Å². The summed E-state index contributed by atoms with van der Waals surface area (Å²) in [6.45, 7) is 8.18. The zero-order chi connectivity index (χ0) is 28.9. The molecule has 0 amide bonds. The molecular formula is C30H35F3N5OP. The maximum Gasteiger partial charge on any atom is 0.416 e. The first kappa shape index (κ1) is 29.7. The monoisotopic (exact) mass is 569 g/mol. The van der Waals surface area contributed by atoms with Crippen LogP contribution in [0.25, 0.3) is 11.4 Å². The van der Waals surface area contributed by atoms with Crippen LogP contribution in [-0.2, 0) is 23.2 Å². The van der Waals surface area contributed by atoms with E-state index < -0.39 is 25.1 Å². The first-order valence-corrected chi connectivity index (χ1v) is 15.1. The van der Waals surface area contributed by atoms with Gasteiger partial charge in [-0.2, -0.15) is 13.2 Å². The number of aromatic nitrogens is 4. The summed E-state index contributed by atoms with van der Waals surface area (Å²) < 4.78 is 43.4. The summed E-state index contributed by atoms with van der Waals surface area (Å²) in [5, 5.41) is 3.18. The van der Waals surface area contributed by atoms with Gasteiger partial charge in [-0.15, -0.1) is 0 Å². The Morgan fingerprint density at radius 1 is 1.12 bits per heavy atom. The van der Waals surface area contributed by atoms with Crippen molar-refractivity contribution in [1.29, 1.82) is 0 Å². The van der Waals surface area contributed by atoms with Crippen molar-refractivity contribution >= 4 is 25.1 Å². The highest BCUT2D eigenvalue weighted by atomic mass is 31.1. The molecular weight excluding hydrogens is 534 g/mol. The third kappa shape index (κ3) is 7.25. The van der Waals surface area contributed by atoms with Crippen LogP contribution >= 0.6 is 7.92 Å². The van der Waals surface area contributed by atoms with Crippen molar-refractivity contribution in [1.82, 2.24) is 19.5 Å². The Morgan fingerprint density at radius 3 is 2.50 bits per heavy atom. The van der Waals surface area contributed by atoms with E-state index in [-0.39, 0.29) is 6.42 Å². The number of hydrogen-bond donors (Lipinski definition) is 1. The second-order valence-electron chi connectivity index (χ2n) is 10.7. The second kappa shape index (κ2) is 12.5. The van der Waals surface area contributed by atoms with E-state index in [2.05, 4.69) is 10.3 Å². The third-order valence-corrected chi connectivity index (χ3v) is 9.15. The zero-order valence-corrected chi connectivity index (χ0v) is 24.2. The lowest BCUT2D eigenvalue weighted by atomic mass is 9.95. The normalized spacial score (nSPS) is 16.7. The largest absolute Gasteiger partial charge is 0.416 e. The standard InChI is InChI=1S/C30H35F3N5OP/c1-5-10-21(30(31,32)33)14-15-24-26(23-16-17-34-28(36-23)35-22-11-7-6-8-12-22)37-27(29(2,3)4)38(24)18-20-40-19-9-13-25(40)39/h5-8,10-12,14,16-17H,9,13,15,18-20H2,1-4H3,(H,34,35,36)/b10-5-,21-14+. The smallest absolute Gasteiger partial charge is 0.330 e.